The maximum Gasteiger partial charge on any atom is 0.179 e. The molecule has 0 bridgehead atoms. The summed E-state index contributed by atoms with van der Waals surface area (Å²) in [5.74, 6) is -0.0515. The van der Waals surface area contributed by atoms with Crippen LogP contribution in [0.3, 0.4) is 0 Å². The van der Waals surface area contributed by atoms with Crippen molar-refractivity contribution in [1.29, 1.82) is 0 Å². The first-order valence-electron chi connectivity index (χ1n) is 4.35. The van der Waals surface area contributed by atoms with Crippen LogP contribution in [0.5, 0.6) is 0 Å². The van der Waals surface area contributed by atoms with E-state index in [1.54, 1.807) is 10.9 Å². The lowest BCUT2D eigenvalue weighted by molar-refractivity contribution is 0.100. The molecule has 13 heavy (non-hydrogen) atoms. The van der Waals surface area contributed by atoms with Crippen LogP contribution >= 0.6 is 0 Å². The first-order valence-corrected chi connectivity index (χ1v) is 4.35. The first-order chi connectivity index (χ1) is 6.06. The van der Waals surface area contributed by atoms with E-state index in [1.165, 1.54) is 0 Å². The van der Waals surface area contributed by atoms with Crippen LogP contribution in [-0.2, 0) is 0 Å². The SMILES string of the molecule is Cc1nn(C(C)C)cc1C(=O)CN. The van der Waals surface area contributed by atoms with E-state index < -0.39 is 0 Å². The Kier molecular flexibility index (Phi) is 2.83. The average molecular weight is 181 g/mol. The average Bonchev–Trinajstić information content (AvgIpc) is 2.46. The summed E-state index contributed by atoms with van der Waals surface area (Å²) < 4.78 is 1.78. The van der Waals surface area contributed by atoms with Gasteiger partial charge in [0.15, 0.2) is 5.78 Å². The number of Topliss-reactive ketones (excluding diaryl/α,β-unsaturated/α-hetero) is 1. The summed E-state index contributed by atoms with van der Waals surface area (Å²) in [5.41, 5.74) is 6.66. The van der Waals surface area contributed by atoms with Gasteiger partial charge in [0.05, 0.1) is 17.8 Å². The van der Waals surface area contributed by atoms with Gasteiger partial charge in [0.2, 0.25) is 0 Å². The van der Waals surface area contributed by atoms with Crippen molar-refractivity contribution in [3.63, 3.8) is 0 Å². The molecule has 0 aliphatic rings. The van der Waals surface area contributed by atoms with Gasteiger partial charge in [-0.25, -0.2) is 0 Å². The van der Waals surface area contributed by atoms with Gasteiger partial charge in [-0.05, 0) is 20.8 Å². The molecule has 0 aliphatic carbocycles. The van der Waals surface area contributed by atoms with E-state index in [2.05, 4.69) is 5.10 Å². The minimum atomic E-state index is -0.0515. The number of carbonyl (C=O) groups is 1. The van der Waals surface area contributed by atoms with Crippen LogP contribution in [0.15, 0.2) is 6.20 Å². The zero-order valence-electron chi connectivity index (χ0n) is 8.24. The molecule has 1 aromatic rings. The van der Waals surface area contributed by atoms with E-state index in [9.17, 15) is 4.79 Å². The van der Waals surface area contributed by atoms with Gasteiger partial charge in [-0.3, -0.25) is 9.48 Å². The molecule has 0 aromatic carbocycles. The molecule has 72 valence electrons. The van der Waals surface area contributed by atoms with E-state index in [-0.39, 0.29) is 18.4 Å². The summed E-state index contributed by atoms with van der Waals surface area (Å²) >= 11 is 0. The number of nitrogens with two attached hydrogens (primary N) is 1. The highest BCUT2D eigenvalue weighted by molar-refractivity contribution is 5.98. The minimum Gasteiger partial charge on any atom is -0.324 e. The summed E-state index contributed by atoms with van der Waals surface area (Å²) in [6, 6.07) is 0.276. The van der Waals surface area contributed by atoms with Crippen molar-refractivity contribution >= 4 is 5.78 Å². The highest BCUT2D eigenvalue weighted by Gasteiger charge is 2.12. The number of ketones is 1. The van der Waals surface area contributed by atoms with Crippen molar-refractivity contribution < 1.29 is 4.79 Å². The number of hydrogen-bond donors (Lipinski definition) is 1. The zero-order valence-corrected chi connectivity index (χ0v) is 8.24. The predicted octanol–water partition coefficient (Wildman–Crippen LogP) is 0.914. The Morgan fingerprint density at radius 2 is 2.31 bits per heavy atom. The number of rotatable bonds is 3. The third-order valence-corrected chi connectivity index (χ3v) is 1.93. The molecule has 0 radical (unpaired) electrons. The van der Waals surface area contributed by atoms with Crippen molar-refractivity contribution in [2.24, 2.45) is 5.73 Å². The molecular formula is C9H15N3O. The van der Waals surface area contributed by atoms with E-state index in [0.29, 0.717) is 5.56 Å². The normalized spacial score (nSPS) is 10.8. The van der Waals surface area contributed by atoms with Crippen molar-refractivity contribution in [1.82, 2.24) is 9.78 Å². The largest absolute Gasteiger partial charge is 0.324 e. The Morgan fingerprint density at radius 1 is 1.69 bits per heavy atom. The Hall–Kier alpha value is -1.16. The lowest BCUT2D eigenvalue weighted by Gasteiger charge is -2.02. The molecule has 0 fully saturated rings. The number of aromatic nitrogens is 2. The topological polar surface area (TPSA) is 60.9 Å². The van der Waals surface area contributed by atoms with Crippen LogP contribution in [0, 0.1) is 6.92 Å². The van der Waals surface area contributed by atoms with Crippen molar-refractivity contribution in [3.05, 3.63) is 17.5 Å². The molecule has 0 atom stereocenters. The number of carbonyl (C=O) groups excluding carboxylic acids is 1. The second-order valence-electron chi connectivity index (χ2n) is 3.33. The van der Waals surface area contributed by atoms with Crippen LogP contribution in [0.4, 0.5) is 0 Å². The molecule has 0 saturated heterocycles. The van der Waals surface area contributed by atoms with Gasteiger partial charge in [-0.2, -0.15) is 5.10 Å². The molecule has 0 saturated carbocycles. The Balaban J connectivity index is 3.03. The molecule has 0 spiro atoms. The third kappa shape index (κ3) is 1.95. The number of nitrogens with zero attached hydrogens (tertiary/aromatic N) is 2. The molecule has 1 aromatic heterocycles. The van der Waals surface area contributed by atoms with E-state index in [4.69, 9.17) is 5.73 Å². The van der Waals surface area contributed by atoms with Gasteiger partial charge in [-0.1, -0.05) is 0 Å². The van der Waals surface area contributed by atoms with Crippen LogP contribution in [0.1, 0.15) is 35.9 Å². The maximum atomic E-state index is 11.3. The van der Waals surface area contributed by atoms with Crippen molar-refractivity contribution in [2.45, 2.75) is 26.8 Å². The van der Waals surface area contributed by atoms with Gasteiger partial charge < -0.3 is 5.73 Å². The fourth-order valence-electron chi connectivity index (χ4n) is 1.13. The molecule has 4 heteroatoms. The van der Waals surface area contributed by atoms with Gasteiger partial charge in [0, 0.05) is 12.2 Å². The van der Waals surface area contributed by atoms with Crippen LogP contribution in [0.25, 0.3) is 0 Å². The van der Waals surface area contributed by atoms with Crippen LogP contribution in [-0.4, -0.2) is 22.1 Å². The summed E-state index contributed by atoms with van der Waals surface area (Å²) in [6.07, 6.45) is 1.76. The zero-order chi connectivity index (χ0) is 10.0. The van der Waals surface area contributed by atoms with Gasteiger partial charge >= 0.3 is 0 Å². The molecule has 4 nitrogen and oxygen atoms in total. The summed E-state index contributed by atoms with van der Waals surface area (Å²) in [6.45, 7) is 5.90. The number of hydrogen-bond acceptors (Lipinski definition) is 3. The smallest absolute Gasteiger partial charge is 0.179 e. The first kappa shape index (κ1) is 9.92. The summed E-state index contributed by atoms with van der Waals surface area (Å²) in [7, 11) is 0. The molecule has 0 unspecified atom stereocenters. The molecule has 1 heterocycles. The highest BCUT2D eigenvalue weighted by atomic mass is 16.1. The molecule has 2 N–H and O–H groups in total. The van der Waals surface area contributed by atoms with E-state index in [0.717, 1.165) is 5.69 Å². The van der Waals surface area contributed by atoms with Gasteiger partial charge in [-0.15, -0.1) is 0 Å². The highest BCUT2D eigenvalue weighted by Crippen LogP contribution is 2.10. The summed E-state index contributed by atoms with van der Waals surface area (Å²) in [5, 5.41) is 4.22. The second-order valence-corrected chi connectivity index (χ2v) is 3.33. The van der Waals surface area contributed by atoms with Crippen molar-refractivity contribution in [3.8, 4) is 0 Å². The minimum absolute atomic E-state index is 0.0463. The Bertz CT molecular complexity index is 315. The lowest BCUT2D eigenvalue weighted by Crippen LogP contribution is -2.13. The van der Waals surface area contributed by atoms with E-state index in [1.807, 2.05) is 20.8 Å². The Labute approximate surface area is 77.7 Å². The molecule has 0 amide bonds. The maximum absolute atomic E-state index is 11.3. The lowest BCUT2D eigenvalue weighted by atomic mass is 10.2. The number of aryl methyl sites for hydroxylation is 1. The van der Waals surface area contributed by atoms with Gasteiger partial charge in [0.1, 0.15) is 0 Å². The fourth-order valence-corrected chi connectivity index (χ4v) is 1.13. The molecule has 0 aliphatic heterocycles. The van der Waals surface area contributed by atoms with Crippen LogP contribution in [0.2, 0.25) is 0 Å². The fraction of sp³-hybridized carbons (Fsp3) is 0.556. The molecule has 1 rings (SSSR count). The quantitative estimate of drug-likeness (QED) is 0.705. The van der Waals surface area contributed by atoms with Gasteiger partial charge in [0.25, 0.3) is 0 Å². The van der Waals surface area contributed by atoms with Crippen LogP contribution < -0.4 is 5.73 Å². The predicted molar refractivity (Wildman–Crippen MR) is 50.7 cm³/mol. The monoisotopic (exact) mass is 181 g/mol. The standard InChI is InChI=1S/C9H15N3O/c1-6(2)12-5-8(7(3)11-12)9(13)4-10/h5-6H,4,10H2,1-3H3. The van der Waals surface area contributed by atoms with E-state index >= 15 is 0 Å². The second kappa shape index (κ2) is 3.70. The Morgan fingerprint density at radius 3 is 2.69 bits per heavy atom. The van der Waals surface area contributed by atoms with Crippen molar-refractivity contribution in [2.75, 3.05) is 6.54 Å². The molecular weight excluding hydrogens is 166 g/mol. The third-order valence-electron chi connectivity index (χ3n) is 1.93. The summed E-state index contributed by atoms with van der Waals surface area (Å²) in [4.78, 5) is 11.3.